The topological polar surface area (TPSA) is 58.7 Å². The average molecular weight is 203 g/mol. The predicted molar refractivity (Wildman–Crippen MR) is 61.3 cm³/mol. The molecule has 15 heavy (non-hydrogen) atoms. The third kappa shape index (κ3) is 1.83. The van der Waals surface area contributed by atoms with Crippen LogP contribution in [0.1, 0.15) is 12.5 Å². The number of fused-ring (bicyclic) bond motifs is 1. The summed E-state index contributed by atoms with van der Waals surface area (Å²) in [5, 5.41) is 0. The molecular weight excluding hydrogens is 190 g/mol. The lowest BCUT2D eigenvalue weighted by molar-refractivity contribution is -0.116. The molecule has 4 nitrogen and oxygen atoms in total. The van der Waals surface area contributed by atoms with Crippen LogP contribution in [0.5, 0.6) is 0 Å². The molecule has 1 aromatic rings. The number of anilines is 2. The van der Waals surface area contributed by atoms with E-state index in [1.54, 1.807) is 24.1 Å². The molecular formula is C11H13N3O. The summed E-state index contributed by atoms with van der Waals surface area (Å²) in [5.74, 6) is 0.0338. The van der Waals surface area contributed by atoms with Crippen molar-refractivity contribution in [1.29, 1.82) is 0 Å². The van der Waals surface area contributed by atoms with Gasteiger partial charge in [-0.1, -0.05) is 0 Å². The Morgan fingerprint density at radius 1 is 1.53 bits per heavy atom. The molecule has 0 bridgehead atoms. The maximum Gasteiger partial charge on any atom is 0.223 e. The highest BCUT2D eigenvalue weighted by atomic mass is 16.2. The molecule has 0 unspecified atom stereocenters. The first-order valence-corrected chi connectivity index (χ1v) is 4.86. The van der Waals surface area contributed by atoms with Crippen molar-refractivity contribution < 1.29 is 4.79 Å². The fourth-order valence-electron chi connectivity index (χ4n) is 1.69. The fourth-order valence-corrected chi connectivity index (χ4v) is 1.69. The molecule has 1 amide bonds. The molecule has 0 saturated heterocycles. The first-order chi connectivity index (χ1) is 7.18. The lowest BCUT2D eigenvalue weighted by Crippen LogP contribution is -2.30. The number of aliphatic imine (C=N–C) groups is 1. The molecule has 0 saturated carbocycles. The number of carbonyl (C=O) groups excluding carboxylic acids is 1. The van der Waals surface area contributed by atoms with Crippen LogP contribution in [0, 0.1) is 0 Å². The Morgan fingerprint density at radius 3 is 3.07 bits per heavy atom. The van der Waals surface area contributed by atoms with E-state index in [1.807, 2.05) is 12.1 Å². The smallest absolute Gasteiger partial charge is 0.223 e. The molecule has 1 aromatic carbocycles. The van der Waals surface area contributed by atoms with E-state index in [0.29, 0.717) is 18.8 Å². The monoisotopic (exact) mass is 203 g/mol. The zero-order valence-corrected chi connectivity index (χ0v) is 8.60. The van der Waals surface area contributed by atoms with Crippen LogP contribution >= 0.6 is 0 Å². The van der Waals surface area contributed by atoms with Crippen LogP contribution in [0.25, 0.3) is 0 Å². The Bertz CT molecular complexity index is 426. The summed E-state index contributed by atoms with van der Waals surface area (Å²) >= 11 is 0. The van der Waals surface area contributed by atoms with E-state index in [-0.39, 0.29) is 5.91 Å². The van der Waals surface area contributed by atoms with Gasteiger partial charge < -0.3 is 10.6 Å². The van der Waals surface area contributed by atoms with E-state index in [2.05, 4.69) is 4.99 Å². The molecule has 0 radical (unpaired) electrons. The van der Waals surface area contributed by atoms with Gasteiger partial charge in [0.1, 0.15) is 0 Å². The summed E-state index contributed by atoms with van der Waals surface area (Å²) in [5.41, 5.74) is 8.17. The normalized spacial score (nSPS) is 14.6. The van der Waals surface area contributed by atoms with Gasteiger partial charge in [-0.2, -0.15) is 0 Å². The molecule has 1 aliphatic rings. The maximum absolute atomic E-state index is 11.4. The Balaban J connectivity index is 2.51. The summed E-state index contributed by atoms with van der Waals surface area (Å²) in [6, 6.07) is 5.50. The summed E-state index contributed by atoms with van der Waals surface area (Å²) in [7, 11) is 0. The number of nitrogen functional groups attached to an aromatic ring is 1. The van der Waals surface area contributed by atoms with Crippen LogP contribution in [-0.4, -0.2) is 25.2 Å². The number of hydrogen-bond donors (Lipinski definition) is 1. The minimum atomic E-state index is 0.0338. The number of rotatable bonds is 0. The van der Waals surface area contributed by atoms with Gasteiger partial charge in [-0.3, -0.25) is 9.79 Å². The van der Waals surface area contributed by atoms with E-state index in [0.717, 1.165) is 11.3 Å². The molecule has 0 fully saturated rings. The minimum absolute atomic E-state index is 0.0338. The van der Waals surface area contributed by atoms with Crippen molar-refractivity contribution in [2.24, 2.45) is 4.99 Å². The molecule has 0 atom stereocenters. The van der Waals surface area contributed by atoms with E-state index in [9.17, 15) is 4.79 Å². The molecule has 2 rings (SSSR count). The van der Waals surface area contributed by atoms with Gasteiger partial charge in [0.25, 0.3) is 0 Å². The molecule has 2 N–H and O–H groups in total. The molecule has 1 aliphatic heterocycles. The second kappa shape index (κ2) is 3.73. The number of hydrogen-bond acceptors (Lipinski definition) is 3. The van der Waals surface area contributed by atoms with Crippen LogP contribution in [0.4, 0.5) is 11.4 Å². The SMILES string of the molecule is CC(=O)N1CCN=Cc2cc(N)ccc21. The minimum Gasteiger partial charge on any atom is -0.399 e. The van der Waals surface area contributed by atoms with E-state index in [4.69, 9.17) is 5.73 Å². The zero-order valence-electron chi connectivity index (χ0n) is 8.60. The van der Waals surface area contributed by atoms with Crippen LogP contribution < -0.4 is 10.6 Å². The molecule has 1 heterocycles. The van der Waals surface area contributed by atoms with Gasteiger partial charge in [0.2, 0.25) is 5.91 Å². The Morgan fingerprint density at radius 2 is 2.33 bits per heavy atom. The van der Waals surface area contributed by atoms with Crippen molar-refractivity contribution in [3.63, 3.8) is 0 Å². The number of benzene rings is 1. The lowest BCUT2D eigenvalue weighted by Gasteiger charge is -2.20. The van der Waals surface area contributed by atoms with Gasteiger partial charge in [0.05, 0.1) is 12.2 Å². The summed E-state index contributed by atoms with van der Waals surface area (Å²) in [6.45, 7) is 2.82. The second-order valence-corrected chi connectivity index (χ2v) is 3.52. The van der Waals surface area contributed by atoms with Crippen molar-refractivity contribution >= 4 is 23.5 Å². The molecule has 78 valence electrons. The van der Waals surface area contributed by atoms with Crippen molar-refractivity contribution in [2.45, 2.75) is 6.92 Å². The third-order valence-electron chi connectivity index (χ3n) is 2.41. The Kier molecular flexibility index (Phi) is 2.41. The largest absolute Gasteiger partial charge is 0.399 e. The number of nitrogens with two attached hydrogens (primary N) is 1. The predicted octanol–water partition coefficient (Wildman–Crippen LogP) is 1.05. The highest BCUT2D eigenvalue weighted by molar-refractivity contribution is 5.99. The van der Waals surface area contributed by atoms with E-state index >= 15 is 0 Å². The van der Waals surface area contributed by atoms with Gasteiger partial charge in [-0.05, 0) is 18.2 Å². The van der Waals surface area contributed by atoms with E-state index < -0.39 is 0 Å². The van der Waals surface area contributed by atoms with Crippen LogP contribution in [-0.2, 0) is 4.79 Å². The molecule has 0 spiro atoms. The highest BCUT2D eigenvalue weighted by Crippen LogP contribution is 2.23. The standard InChI is InChI=1S/C11H13N3O/c1-8(15)14-5-4-13-7-9-6-10(12)2-3-11(9)14/h2-3,6-7H,4-5,12H2,1H3. The van der Waals surface area contributed by atoms with Gasteiger partial charge in [-0.15, -0.1) is 0 Å². The van der Waals surface area contributed by atoms with Crippen molar-refractivity contribution in [3.8, 4) is 0 Å². The van der Waals surface area contributed by atoms with Crippen LogP contribution in [0.15, 0.2) is 23.2 Å². The zero-order chi connectivity index (χ0) is 10.8. The average Bonchev–Trinajstić information content (AvgIpc) is 2.38. The number of carbonyl (C=O) groups is 1. The van der Waals surface area contributed by atoms with Crippen molar-refractivity contribution in [1.82, 2.24) is 0 Å². The van der Waals surface area contributed by atoms with Crippen LogP contribution in [0.3, 0.4) is 0 Å². The second-order valence-electron chi connectivity index (χ2n) is 3.52. The van der Waals surface area contributed by atoms with Gasteiger partial charge in [0.15, 0.2) is 0 Å². The van der Waals surface area contributed by atoms with Crippen molar-refractivity contribution in [2.75, 3.05) is 23.7 Å². The first-order valence-electron chi connectivity index (χ1n) is 4.86. The summed E-state index contributed by atoms with van der Waals surface area (Å²) in [4.78, 5) is 17.4. The highest BCUT2D eigenvalue weighted by Gasteiger charge is 2.16. The number of amides is 1. The molecule has 0 aliphatic carbocycles. The lowest BCUT2D eigenvalue weighted by atomic mass is 10.1. The number of benzodiazepines with no additional fused rings is 1. The van der Waals surface area contributed by atoms with Crippen molar-refractivity contribution in [3.05, 3.63) is 23.8 Å². The quantitative estimate of drug-likeness (QED) is 0.641. The molecule has 0 aromatic heterocycles. The number of nitrogens with zero attached hydrogens (tertiary/aromatic N) is 2. The van der Waals surface area contributed by atoms with Gasteiger partial charge in [0, 0.05) is 30.9 Å². The van der Waals surface area contributed by atoms with Crippen LogP contribution in [0.2, 0.25) is 0 Å². The van der Waals surface area contributed by atoms with Gasteiger partial charge >= 0.3 is 0 Å². The fraction of sp³-hybridized carbons (Fsp3) is 0.273. The Hall–Kier alpha value is -1.84. The first kappa shape index (κ1) is 9.71. The Labute approximate surface area is 88.4 Å². The summed E-state index contributed by atoms with van der Waals surface area (Å²) < 4.78 is 0. The molecule has 4 heteroatoms. The van der Waals surface area contributed by atoms with E-state index in [1.165, 1.54) is 0 Å². The third-order valence-corrected chi connectivity index (χ3v) is 2.41. The summed E-state index contributed by atoms with van der Waals surface area (Å²) in [6.07, 6.45) is 1.77. The maximum atomic E-state index is 11.4. The van der Waals surface area contributed by atoms with Gasteiger partial charge in [-0.25, -0.2) is 0 Å².